The Labute approximate surface area is 167 Å². The van der Waals surface area contributed by atoms with Gasteiger partial charge in [-0.3, -0.25) is 10.3 Å². The second-order valence-corrected chi connectivity index (χ2v) is 7.96. The molecule has 2 heterocycles. The number of aliphatic imine (C=N–C) groups is 1. The fourth-order valence-electron chi connectivity index (χ4n) is 4.45. The molecule has 142 valence electrons. The Morgan fingerprint density at radius 2 is 1.89 bits per heavy atom. The highest BCUT2D eigenvalue weighted by Gasteiger charge is 2.41. The quantitative estimate of drug-likeness (QED) is 0.756. The molecule has 27 heavy (non-hydrogen) atoms. The first-order valence-electron chi connectivity index (χ1n) is 10.1. The maximum absolute atomic E-state index is 6.35. The predicted molar refractivity (Wildman–Crippen MR) is 114 cm³/mol. The van der Waals surface area contributed by atoms with Crippen LogP contribution in [0.2, 0.25) is 5.02 Å². The lowest BCUT2D eigenvalue weighted by atomic mass is 9.88. The molecule has 1 N–H and O–H groups in total. The molecule has 3 unspecified atom stereocenters. The molecular formula is C23H28ClN3. The Bertz CT molecular complexity index is 815. The largest absolute Gasteiger partial charge is 0.338 e. The van der Waals surface area contributed by atoms with E-state index in [0.29, 0.717) is 18.1 Å². The fourth-order valence-corrected chi connectivity index (χ4v) is 4.70. The van der Waals surface area contributed by atoms with Gasteiger partial charge in [-0.25, -0.2) is 0 Å². The van der Waals surface area contributed by atoms with Gasteiger partial charge in [-0.15, -0.1) is 0 Å². The summed E-state index contributed by atoms with van der Waals surface area (Å²) in [6.07, 6.45) is 3.78. The summed E-state index contributed by atoms with van der Waals surface area (Å²) in [6.45, 7) is 6.50. The molecule has 0 radical (unpaired) electrons. The summed E-state index contributed by atoms with van der Waals surface area (Å²) in [7, 11) is 0. The van der Waals surface area contributed by atoms with Crippen LogP contribution < -0.4 is 5.32 Å². The topological polar surface area (TPSA) is 27.6 Å². The minimum absolute atomic E-state index is 0.349. The standard InChI is InChI=1S/C23H28ClN3/c1-3-17-13-14-25-23-22(17)26-21(4-2)27(23)15-16-9-11-18(12-10-16)19-7-5-6-8-20(19)24/h5-12,17,22-23,25H,3-4,13-15H2,1-2H3. The number of hydrogen-bond acceptors (Lipinski definition) is 3. The van der Waals surface area contributed by atoms with Crippen LogP contribution >= 0.6 is 11.6 Å². The summed E-state index contributed by atoms with van der Waals surface area (Å²) >= 11 is 6.35. The van der Waals surface area contributed by atoms with Crippen molar-refractivity contribution in [1.29, 1.82) is 0 Å². The van der Waals surface area contributed by atoms with Crippen LogP contribution in [0.1, 0.15) is 38.7 Å². The van der Waals surface area contributed by atoms with Gasteiger partial charge in [0.15, 0.2) is 0 Å². The Morgan fingerprint density at radius 3 is 2.59 bits per heavy atom. The van der Waals surface area contributed by atoms with Crippen molar-refractivity contribution in [3.63, 3.8) is 0 Å². The van der Waals surface area contributed by atoms with E-state index in [-0.39, 0.29) is 0 Å². The highest BCUT2D eigenvalue weighted by Crippen LogP contribution is 2.32. The smallest absolute Gasteiger partial charge is 0.104 e. The molecule has 2 aromatic rings. The van der Waals surface area contributed by atoms with E-state index < -0.39 is 0 Å². The molecule has 1 saturated heterocycles. The summed E-state index contributed by atoms with van der Waals surface area (Å²) < 4.78 is 0. The van der Waals surface area contributed by atoms with Crippen molar-refractivity contribution >= 4 is 17.4 Å². The van der Waals surface area contributed by atoms with Crippen LogP contribution in [0.25, 0.3) is 11.1 Å². The minimum atomic E-state index is 0.349. The molecule has 3 nitrogen and oxygen atoms in total. The lowest BCUT2D eigenvalue weighted by molar-refractivity contribution is 0.165. The van der Waals surface area contributed by atoms with Crippen LogP contribution in [-0.2, 0) is 6.54 Å². The first kappa shape index (κ1) is 18.5. The molecule has 4 heteroatoms. The van der Waals surface area contributed by atoms with E-state index in [4.69, 9.17) is 16.6 Å². The van der Waals surface area contributed by atoms with E-state index in [2.05, 4.69) is 54.4 Å². The zero-order valence-electron chi connectivity index (χ0n) is 16.2. The maximum Gasteiger partial charge on any atom is 0.104 e. The summed E-state index contributed by atoms with van der Waals surface area (Å²) in [5, 5.41) is 4.51. The van der Waals surface area contributed by atoms with Gasteiger partial charge < -0.3 is 4.90 Å². The van der Waals surface area contributed by atoms with Gasteiger partial charge in [-0.05, 0) is 36.1 Å². The van der Waals surface area contributed by atoms with Crippen LogP contribution in [0.5, 0.6) is 0 Å². The molecule has 0 aromatic heterocycles. The van der Waals surface area contributed by atoms with Gasteiger partial charge in [0.2, 0.25) is 0 Å². The van der Waals surface area contributed by atoms with Crippen molar-refractivity contribution in [1.82, 2.24) is 10.2 Å². The number of halogens is 1. The second-order valence-electron chi connectivity index (χ2n) is 7.55. The van der Waals surface area contributed by atoms with Crippen LogP contribution in [0, 0.1) is 5.92 Å². The molecule has 3 atom stereocenters. The molecule has 2 aliphatic heterocycles. The van der Waals surface area contributed by atoms with Crippen LogP contribution in [0.15, 0.2) is 53.5 Å². The van der Waals surface area contributed by atoms with Crippen molar-refractivity contribution in [2.75, 3.05) is 6.54 Å². The Kier molecular flexibility index (Phi) is 5.51. The lowest BCUT2D eigenvalue weighted by Crippen LogP contribution is -2.54. The van der Waals surface area contributed by atoms with Gasteiger partial charge >= 0.3 is 0 Å². The average molecular weight is 382 g/mol. The van der Waals surface area contributed by atoms with Gasteiger partial charge in [-0.2, -0.15) is 0 Å². The van der Waals surface area contributed by atoms with Gasteiger partial charge in [0.05, 0.1) is 6.04 Å². The third-order valence-corrected chi connectivity index (χ3v) is 6.30. The fraction of sp³-hybridized carbons (Fsp3) is 0.435. The van der Waals surface area contributed by atoms with Crippen molar-refractivity contribution in [2.45, 2.75) is 51.9 Å². The highest BCUT2D eigenvalue weighted by molar-refractivity contribution is 6.33. The second kappa shape index (κ2) is 8.04. The first-order chi connectivity index (χ1) is 13.2. The van der Waals surface area contributed by atoms with Crippen LogP contribution in [0.4, 0.5) is 0 Å². The number of piperidine rings is 1. The van der Waals surface area contributed by atoms with Crippen molar-refractivity contribution in [3.8, 4) is 11.1 Å². The molecule has 2 aliphatic rings. The average Bonchev–Trinajstić information content (AvgIpc) is 3.07. The third-order valence-electron chi connectivity index (χ3n) is 5.97. The maximum atomic E-state index is 6.35. The number of hydrogen-bond donors (Lipinski definition) is 1. The zero-order valence-corrected chi connectivity index (χ0v) is 16.9. The van der Waals surface area contributed by atoms with Crippen LogP contribution in [0.3, 0.4) is 0 Å². The molecule has 1 fully saturated rings. The summed E-state index contributed by atoms with van der Waals surface area (Å²) in [5.41, 5.74) is 3.56. The van der Waals surface area contributed by atoms with Crippen molar-refractivity contribution in [2.24, 2.45) is 10.9 Å². The molecule has 0 amide bonds. The highest BCUT2D eigenvalue weighted by atomic mass is 35.5. The molecular weight excluding hydrogens is 354 g/mol. The third kappa shape index (κ3) is 3.63. The van der Waals surface area contributed by atoms with E-state index in [9.17, 15) is 0 Å². The molecule has 0 saturated carbocycles. The zero-order chi connectivity index (χ0) is 18.8. The number of benzene rings is 2. The van der Waals surface area contributed by atoms with Crippen LogP contribution in [-0.4, -0.2) is 29.5 Å². The molecule has 2 aromatic carbocycles. The normalized spacial score (nSPS) is 24.6. The Morgan fingerprint density at radius 1 is 1.11 bits per heavy atom. The molecule has 0 aliphatic carbocycles. The molecule has 4 rings (SSSR count). The van der Waals surface area contributed by atoms with Gasteiger partial charge in [0, 0.05) is 23.6 Å². The van der Waals surface area contributed by atoms with E-state index in [0.717, 1.165) is 35.7 Å². The van der Waals surface area contributed by atoms with Crippen molar-refractivity contribution in [3.05, 3.63) is 59.1 Å². The summed E-state index contributed by atoms with van der Waals surface area (Å²) in [6, 6.07) is 17.2. The van der Waals surface area contributed by atoms with Gasteiger partial charge in [-0.1, -0.05) is 74.3 Å². The monoisotopic (exact) mass is 381 g/mol. The van der Waals surface area contributed by atoms with E-state index in [1.165, 1.54) is 24.2 Å². The van der Waals surface area contributed by atoms with Gasteiger partial charge in [0.1, 0.15) is 12.0 Å². The number of fused-ring (bicyclic) bond motifs is 1. The van der Waals surface area contributed by atoms with E-state index in [1.807, 2.05) is 18.2 Å². The SMILES string of the molecule is CCC1=NC2C(CC)CCNC2N1Cc1ccc(-c2ccccc2Cl)cc1. The van der Waals surface area contributed by atoms with E-state index in [1.54, 1.807) is 0 Å². The Hall–Kier alpha value is -1.84. The first-order valence-corrected chi connectivity index (χ1v) is 10.5. The summed E-state index contributed by atoms with van der Waals surface area (Å²) in [5.74, 6) is 1.94. The molecule has 0 bridgehead atoms. The molecule has 0 spiro atoms. The Balaban J connectivity index is 1.53. The van der Waals surface area contributed by atoms with Gasteiger partial charge in [0.25, 0.3) is 0 Å². The minimum Gasteiger partial charge on any atom is -0.338 e. The lowest BCUT2D eigenvalue weighted by Gasteiger charge is -2.38. The van der Waals surface area contributed by atoms with E-state index >= 15 is 0 Å². The number of nitrogens with zero attached hydrogens (tertiary/aromatic N) is 2. The number of nitrogens with one attached hydrogen (secondary N) is 1. The summed E-state index contributed by atoms with van der Waals surface area (Å²) in [4.78, 5) is 7.58. The number of rotatable bonds is 5. The van der Waals surface area contributed by atoms with Crippen molar-refractivity contribution < 1.29 is 0 Å². The number of amidine groups is 1. The predicted octanol–water partition coefficient (Wildman–Crippen LogP) is 5.35.